The Hall–Kier alpha value is -1.38. The summed E-state index contributed by atoms with van der Waals surface area (Å²) in [5.74, 6) is -0.638. The summed E-state index contributed by atoms with van der Waals surface area (Å²) < 4.78 is 32.8. The Bertz CT molecular complexity index is 717. The minimum Gasteiger partial charge on any atom is -0.486 e. The van der Waals surface area contributed by atoms with Gasteiger partial charge in [0, 0.05) is 5.92 Å². The van der Waals surface area contributed by atoms with Crippen molar-refractivity contribution >= 4 is 16.0 Å². The van der Waals surface area contributed by atoms with E-state index in [9.17, 15) is 18.3 Å². The van der Waals surface area contributed by atoms with Gasteiger partial charge in [-0.3, -0.25) is 8.98 Å². The number of carbonyl (C=O) groups is 1. The van der Waals surface area contributed by atoms with Gasteiger partial charge in [0.2, 0.25) is 5.91 Å². The van der Waals surface area contributed by atoms with Crippen molar-refractivity contribution in [2.75, 3.05) is 12.9 Å². The lowest BCUT2D eigenvalue weighted by atomic mass is 9.63. The molecule has 0 aromatic heterocycles. The molecule has 5 atom stereocenters. The zero-order valence-electron chi connectivity index (χ0n) is 14.5. The van der Waals surface area contributed by atoms with E-state index in [1.165, 1.54) is 0 Å². The van der Waals surface area contributed by atoms with Gasteiger partial charge < -0.3 is 15.2 Å². The van der Waals surface area contributed by atoms with E-state index >= 15 is 0 Å². The average Bonchev–Trinajstić information content (AvgIpc) is 2.71. The van der Waals surface area contributed by atoms with Gasteiger partial charge in [0.1, 0.15) is 5.76 Å². The predicted octanol–water partition coefficient (Wildman–Crippen LogP) is 0.857. The Labute approximate surface area is 148 Å². The quantitative estimate of drug-likeness (QED) is 0.530. The summed E-state index contributed by atoms with van der Waals surface area (Å²) in [6.07, 6.45) is 7.14. The Morgan fingerprint density at radius 2 is 2.28 bits per heavy atom. The number of hydrogen-bond acceptors (Lipinski definition) is 6. The van der Waals surface area contributed by atoms with Crippen LogP contribution in [0.2, 0.25) is 0 Å². The molecular formula is C17H25NO6S. The van der Waals surface area contributed by atoms with Crippen LogP contribution < -0.4 is 5.32 Å². The van der Waals surface area contributed by atoms with E-state index in [1.807, 2.05) is 12.2 Å². The van der Waals surface area contributed by atoms with Crippen molar-refractivity contribution in [3.63, 3.8) is 0 Å². The van der Waals surface area contributed by atoms with Crippen molar-refractivity contribution in [3.8, 4) is 0 Å². The van der Waals surface area contributed by atoms with Crippen LogP contribution in [0, 0.1) is 11.8 Å². The number of allylic oxidation sites excluding steroid dienone is 1. The third-order valence-corrected chi connectivity index (χ3v) is 6.30. The lowest BCUT2D eigenvalue weighted by molar-refractivity contribution is -0.202. The van der Waals surface area contributed by atoms with Gasteiger partial charge in [-0.25, -0.2) is 0 Å². The number of carbonyl (C=O) groups excluding carboxylic acids is 1. The number of nitrogens with one attached hydrogen (secondary N) is 1. The fraction of sp³-hybridized carbons (Fsp3) is 0.706. The standard InChI is InChI=1S/C17H25NO6S/c1-11-17(14(19)12-7-5-4-6-8-12)16(2,24-11)13(15(20)18-17)9-10-23-25(3,21)22/h5,7,12-14,19H,1,4,6,8-10H2,2-3H3,(H,18,20)/t12-,13+,14+,16+,17-/m1/s1. The highest BCUT2D eigenvalue weighted by atomic mass is 32.2. The molecule has 0 spiro atoms. The first-order valence-corrected chi connectivity index (χ1v) is 10.3. The highest BCUT2D eigenvalue weighted by molar-refractivity contribution is 7.85. The van der Waals surface area contributed by atoms with Crippen LogP contribution in [0.5, 0.6) is 0 Å². The molecule has 8 heteroatoms. The molecule has 3 aliphatic rings. The second kappa shape index (κ2) is 6.10. The predicted molar refractivity (Wildman–Crippen MR) is 90.9 cm³/mol. The van der Waals surface area contributed by atoms with Crippen LogP contribution in [-0.2, 0) is 23.8 Å². The molecular weight excluding hydrogens is 346 g/mol. The molecule has 2 N–H and O–H groups in total. The maximum atomic E-state index is 12.6. The van der Waals surface area contributed by atoms with E-state index in [0.29, 0.717) is 5.76 Å². The second-order valence-corrected chi connectivity index (χ2v) is 8.91. The second-order valence-electron chi connectivity index (χ2n) is 7.26. The van der Waals surface area contributed by atoms with Gasteiger partial charge in [-0.2, -0.15) is 8.42 Å². The van der Waals surface area contributed by atoms with Crippen LogP contribution in [0.25, 0.3) is 0 Å². The van der Waals surface area contributed by atoms with E-state index in [4.69, 9.17) is 8.92 Å². The minimum atomic E-state index is -3.57. The number of fused-ring (bicyclic) bond motifs is 1. The van der Waals surface area contributed by atoms with E-state index in [1.54, 1.807) is 6.92 Å². The molecule has 0 unspecified atom stereocenters. The molecule has 0 aromatic carbocycles. The molecule has 2 saturated heterocycles. The van der Waals surface area contributed by atoms with Gasteiger partial charge in [-0.15, -0.1) is 0 Å². The largest absolute Gasteiger partial charge is 0.486 e. The van der Waals surface area contributed by atoms with Gasteiger partial charge >= 0.3 is 0 Å². The van der Waals surface area contributed by atoms with Crippen molar-refractivity contribution in [2.24, 2.45) is 11.8 Å². The maximum Gasteiger partial charge on any atom is 0.264 e. The average molecular weight is 371 g/mol. The van der Waals surface area contributed by atoms with Crippen LogP contribution in [0.4, 0.5) is 0 Å². The number of aliphatic hydroxyl groups is 1. The Balaban J connectivity index is 1.82. The Morgan fingerprint density at radius 3 is 2.84 bits per heavy atom. The zero-order chi connectivity index (χ0) is 18.5. The van der Waals surface area contributed by atoms with Gasteiger partial charge in [0.05, 0.1) is 24.9 Å². The molecule has 1 amide bonds. The summed E-state index contributed by atoms with van der Waals surface area (Å²) in [5, 5.41) is 13.9. The first-order valence-electron chi connectivity index (χ1n) is 8.51. The van der Waals surface area contributed by atoms with Gasteiger partial charge in [0.25, 0.3) is 10.1 Å². The van der Waals surface area contributed by atoms with Crippen molar-refractivity contribution < 1.29 is 27.2 Å². The van der Waals surface area contributed by atoms with E-state index < -0.39 is 33.3 Å². The molecule has 0 saturated carbocycles. The summed E-state index contributed by atoms with van der Waals surface area (Å²) in [6.45, 7) is 5.53. The van der Waals surface area contributed by atoms with Gasteiger partial charge in [0.15, 0.2) is 11.1 Å². The third kappa shape index (κ3) is 2.80. The van der Waals surface area contributed by atoms with Crippen LogP contribution >= 0.6 is 0 Å². The zero-order valence-corrected chi connectivity index (χ0v) is 15.3. The number of amides is 1. The number of hydrogen-bond donors (Lipinski definition) is 2. The SMILES string of the molecule is C=C1O[C@@]2(C)[C@@H](CCOS(C)(=O)=O)C(=O)N[C@@]12[C@@H](O)[C@@H]1C=CCCC1. The van der Waals surface area contributed by atoms with Crippen LogP contribution in [0.3, 0.4) is 0 Å². The topological polar surface area (TPSA) is 102 Å². The fourth-order valence-electron chi connectivity index (χ4n) is 4.40. The minimum absolute atomic E-state index is 0.0833. The Morgan fingerprint density at radius 1 is 1.56 bits per heavy atom. The molecule has 0 radical (unpaired) electrons. The monoisotopic (exact) mass is 371 g/mol. The molecule has 7 nitrogen and oxygen atoms in total. The van der Waals surface area contributed by atoms with Crippen molar-refractivity contribution in [2.45, 2.75) is 49.9 Å². The van der Waals surface area contributed by atoms with Crippen LogP contribution in [-0.4, -0.2) is 49.5 Å². The maximum absolute atomic E-state index is 12.6. The lowest BCUT2D eigenvalue weighted by Crippen LogP contribution is -2.75. The molecule has 140 valence electrons. The highest BCUT2D eigenvalue weighted by Gasteiger charge is 2.76. The molecule has 1 aliphatic carbocycles. The summed E-state index contributed by atoms with van der Waals surface area (Å²) >= 11 is 0. The number of rotatable bonds is 6. The summed E-state index contributed by atoms with van der Waals surface area (Å²) in [6, 6.07) is 0. The highest BCUT2D eigenvalue weighted by Crippen LogP contribution is 2.57. The molecule has 0 bridgehead atoms. The van der Waals surface area contributed by atoms with Crippen molar-refractivity contribution in [1.82, 2.24) is 5.32 Å². The molecule has 0 aromatic rings. The molecule has 2 heterocycles. The molecule has 25 heavy (non-hydrogen) atoms. The van der Waals surface area contributed by atoms with E-state index in [0.717, 1.165) is 25.5 Å². The summed E-state index contributed by atoms with van der Waals surface area (Å²) in [7, 11) is -3.57. The summed E-state index contributed by atoms with van der Waals surface area (Å²) in [4.78, 5) is 12.6. The van der Waals surface area contributed by atoms with E-state index in [2.05, 4.69) is 11.9 Å². The van der Waals surface area contributed by atoms with Gasteiger partial charge in [-0.05, 0) is 32.6 Å². The first-order chi connectivity index (χ1) is 11.6. The smallest absolute Gasteiger partial charge is 0.264 e. The fourth-order valence-corrected chi connectivity index (χ4v) is 4.80. The van der Waals surface area contributed by atoms with Crippen molar-refractivity contribution in [1.29, 1.82) is 0 Å². The summed E-state index contributed by atoms with van der Waals surface area (Å²) in [5.41, 5.74) is -2.03. The third-order valence-electron chi connectivity index (χ3n) is 5.70. The number of ether oxygens (including phenoxy) is 1. The van der Waals surface area contributed by atoms with Crippen molar-refractivity contribution in [3.05, 3.63) is 24.5 Å². The Kier molecular flexibility index (Phi) is 4.50. The number of aliphatic hydroxyl groups excluding tert-OH is 1. The molecule has 2 aliphatic heterocycles. The van der Waals surface area contributed by atoms with Crippen LogP contribution in [0.1, 0.15) is 32.6 Å². The lowest BCUT2D eigenvalue weighted by Gasteiger charge is -2.58. The van der Waals surface area contributed by atoms with Gasteiger partial charge in [-0.1, -0.05) is 18.7 Å². The van der Waals surface area contributed by atoms with Crippen LogP contribution in [0.15, 0.2) is 24.5 Å². The molecule has 2 fully saturated rings. The van der Waals surface area contributed by atoms with E-state index in [-0.39, 0.29) is 24.9 Å². The molecule has 3 rings (SSSR count). The normalized spacial score (nSPS) is 38.5. The first kappa shape index (κ1) is 18.4.